The van der Waals surface area contributed by atoms with Crippen LogP contribution >= 0.6 is 0 Å². The molecule has 1 amide bonds. The number of hydrogen-bond donors (Lipinski definition) is 1. The Bertz CT molecular complexity index is 754. The van der Waals surface area contributed by atoms with Crippen molar-refractivity contribution in [2.75, 3.05) is 6.54 Å². The van der Waals surface area contributed by atoms with Gasteiger partial charge in [-0.15, -0.1) is 0 Å². The maximum Gasteiger partial charge on any atom is 0.276 e. The lowest BCUT2D eigenvalue weighted by molar-refractivity contribution is 0.0704. The van der Waals surface area contributed by atoms with E-state index in [2.05, 4.69) is 4.98 Å². The van der Waals surface area contributed by atoms with Crippen molar-refractivity contribution < 1.29 is 23.1 Å². The maximum atomic E-state index is 13.8. The molecule has 0 bridgehead atoms. The Morgan fingerprint density at radius 1 is 1.22 bits per heavy atom. The molecule has 0 saturated carbocycles. The van der Waals surface area contributed by atoms with E-state index in [9.17, 15) is 23.1 Å². The first-order chi connectivity index (χ1) is 11.0. The number of β-amino-alcohol motifs (C(OH)–C–C–N with tert-alkyl or cyclic N) is 1. The summed E-state index contributed by atoms with van der Waals surface area (Å²) in [6, 6.07) is 5.62. The Hall–Kier alpha value is -2.41. The molecular formula is C16H13F3N2O2. The Balaban J connectivity index is 1.94. The van der Waals surface area contributed by atoms with Gasteiger partial charge < -0.3 is 10.0 Å². The van der Waals surface area contributed by atoms with Crippen LogP contribution in [0.4, 0.5) is 13.2 Å². The molecule has 1 saturated heterocycles. The van der Waals surface area contributed by atoms with Gasteiger partial charge in [0.15, 0.2) is 11.5 Å². The molecule has 23 heavy (non-hydrogen) atoms. The molecule has 1 aliphatic rings. The number of likely N-dealkylation sites (tertiary alicyclic amines) is 1. The van der Waals surface area contributed by atoms with Crippen molar-refractivity contribution in [3.8, 4) is 0 Å². The lowest BCUT2D eigenvalue weighted by Crippen LogP contribution is -2.33. The Labute approximate surface area is 130 Å². The summed E-state index contributed by atoms with van der Waals surface area (Å²) in [5.41, 5.74) is -0.0284. The number of amides is 1. The number of benzene rings is 1. The number of rotatable bonds is 2. The Morgan fingerprint density at radius 3 is 2.70 bits per heavy atom. The Morgan fingerprint density at radius 2 is 2.00 bits per heavy atom. The summed E-state index contributed by atoms with van der Waals surface area (Å²) in [7, 11) is 0. The monoisotopic (exact) mass is 322 g/mol. The van der Waals surface area contributed by atoms with E-state index in [1.165, 1.54) is 23.1 Å². The van der Waals surface area contributed by atoms with Gasteiger partial charge in [-0.2, -0.15) is 0 Å². The fraction of sp³-hybridized carbons (Fsp3) is 0.250. The fourth-order valence-electron chi connectivity index (χ4n) is 2.78. The molecule has 1 fully saturated rings. The highest BCUT2D eigenvalue weighted by Crippen LogP contribution is 2.33. The molecule has 2 heterocycles. The third kappa shape index (κ3) is 3.05. The molecule has 4 nitrogen and oxygen atoms in total. The highest BCUT2D eigenvalue weighted by Gasteiger charge is 2.37. The average molecular weight is 322 g/mol. The summed E-state index contributed by atoms with van der Waals surface area (Å²) in [6.45, 7) is -0.0293. The largest absolute Gasteiger partial charge is 0.391 e. The number of carbonyl (C=O) groups is 1. The van der Waals surface area contributed by atoms with Gasteiger partial charge in [0.25, 0.3) is 5.91 Å². The predicted octanol–water partition coefficient (Wildman–Crippen LogP) is 2.45. The number of aliphatic hydroxyl groups is 1. The molecule has 1 N–H and O–H groups in total. The molecule has 0 aliphatic carbocycles. The van der Waals surface area contributed by atoms with E-state index in [1.54, 1.807) is 6.07 Å². The van der Waals surface area contributed by atoms with Crippen molar-refractivity contribution in [2.45, 2.75) is 18.6 Å². The molecule has 2 aromatic rings. The summed E-state index contributed by atoms with van der Waals surface area (Å²) in [5, 5.41) is 9.85. The summed E-state index contributed by atoms with van der Waals surface area (Å²) in [4.78, 5) is 17.2. The van der Waals surface area contributed by atoms with Crippen molar-refractivity contribution in [2.24, 2.45) is 0 Å². The normalized spacial score (nSPS) is 20.8. The topological polar surface area (TPSA) is 53.4 Å². The van der Waals surface area contributed by atoms with Crippen molar-refractivity contribution in [1.82, 2.24) is 9.88 Å². The molecule has 0 unspecified atom stereocenters. The van der Waals surface area contributed by atoms with Gasteiger partial charge in [0, 0.05) is 12.6 Å². The molecule has 1 aromatic carbocycles. The van der Waals surface area contributed by atoms with Gasteiger partial charge in [-0.1, -0.05) is 12.1 Å². The summed E-state index contributed by atoms with van der Waals surface area (Å²) < 4.78 is 40.1. The predicted molar refractivity (Wildman–Crippen MR) is 75.0 cm³/mol. The first-order valence-electron chi connectivity index (χ1n) is 7.01. The maximum absolute atomic E-state index is 13.8. The highest BCUT2D eigenvalue weighted by molar-refractivity contribution is 5.93. The number of aromatic nitrogens is 1. The van der Waals surface area contributed by atoms with Crippen LogP contribution in [0, 0.1) is 17.5 Å². The minimum absolute atomic E-state index is 0.0293. The molecule has 7 heteroatoms. The second kappa shape index (κ2) is 6.00. The number of nitrogens with zero attached hydrogens (tertiary/aromatic N) is 2. The van der Waals surface area contributed by atoms with Crippen LogP contribution in [-0.4, -0.2) is 33.5 Å². The van der Waals surface area contributed by atoms with Gasteiger partial charge in [0.05, 0.1) is 18.3 Å². The van der Waals surface area contributed by atoms with Gasteiger partial charge in [0.2, 0.25) is 0 Å². The third-order valence-electron chi connectivity index (χ3n) is 3.78. The molecule has 2 atom stereocenters. The van der Waals surface area contributed by atoms with Crippen molar-refractivity contribution >= 4 is 5.91 Å². The summed E-state index contributed by atoms with van der Waals surface area (Å²) >= 11 is 0. The number of carbonyl (C=O) groups excluding carboxylic acids is 1. The number of pyridine rings is 1. The van der Waals surface area contributed by atoms with Gasteiger partial charge in [-0.05, 0) is 24.1 Å². The lowest BCUT2D eigenvalue weighted by Gasteiger charge is -2.24. The second-order valence-electron chi connectivity index (χ2n) is 5.40. The van der Waals surface area contributed by atoms with Gasteiger partial charge in [-0.25, -0.2) is 18.2 Å². The van der Waals surface area contributed by atoms with Crippen molar-refractivity contribution in [3.63, 3.8) is 0 Å². The molecule has 3 rings (SSSR count). The van der Waals surface area contributed by atoms with Crippen LogP contribution in [0.3, 0.4) is 0 Å². The summed E-state index contributed by atoms with van der Waals surface area (Å²) in [6.07, 6.45) is 0.147. The highest BCUT2D eigenvalue weighted by atomic mass is 19.1. The number of aliphatic hydroxyl groups excluding tert-OH is 1. The molecular weight excluding hydrogens is 309 g/mol. The average Bonchev–Trinajstić information content (AvgIpc) is 2.89. The van der Waals surface area contributed by atoms with Crippen LogP contribution in [0.25, 0.3) is 0 Å². The van der Waals surface area contributed by atoms with E-state index < -0.39 is 41.2 Å². The molecule has 0 spiro atoms. The fourth-order valence-corrected chi connectivity index (χ4v) is 2.78. The number of hydrogen-bond acceptors (Lipinski definition) is 3. The van der Waals surface area contributed by atoms with Gasteiger partial charge >= 0.3 is 0 Å². The van der Waals surface area contributed by atoms with E-state index in [0.29, 0.717) is 11.6 Å². The van der Waals surface area contributed by atoms with Gasteiger partial charge in [-0.3, -0.25) is 4.79 Å². The SMILES string of the molecule is O=C(c1ncc(F)cc1F)N1C[C@H](O)C[C@@H]1c1cccc(F)c1. The van der Waals surface area contributed by atoms with Crippen LogP contribution in [0.2, 0.25) is 0 Å². The smallest absolute Gasteiger partial charge is 0.276 e. The zero-order valence-electron chi connectivity index (χ0n) is 11.9. The van der Waals surface area contributed by atoms with Crippen LogP contribution < -0.4 is 0 Å². The Kier molecular flexibility index (Phi) is 4.04. The summed E-state index contributed by atoms with van der Waals surface area (Å²) in [5.74, 6) is -3.20. The van der Waals surface area contributed by atoms with E-state index in [-0.39, 0.29) is 13.0 Å². The van der Waals surface area contributed by atoms with E-state index in [1.807, 2.05) is 0 Å². The van der Waals surface area contributed by atoms with Crippen molar-refractivity contribution in [3.05, 3.63) is 65.2 Å². The van der Waals surface area contributed by atoms with E-state index in [0.717, 1.165) is 6.20 Å². The quantitative estimate of drug-likeness (QED) is 0.924. The first-order valence-corrected chi connectivity index (χ1v) is 7.01. The lowest BCUT2D eigenvalue weighted by atomic mass is 10.0. The zero-order chi connectivity index (χ0) is 16.6. The standard InChI is InChI=1S/C16H13F3N2O2/c17-10-3-1-2-9(4-10)14-6-12(22)8-21(14)16(23)15-13(19)5-11(18)7-20-15/h1-5,7,12,14,22H,6,8H2/t12-,14-/m1/s1. The molecule has 1 aromatic heterocycles. The minimum Gasteiger partial charge on any atom is -0.391 e. The van der Waals surface area contributed by atoms with Crippen LogP contribution in [-0.2, 0) is 0 Å². The zero-order valence-corrected chi connectivity index (χ0v) is 11.9. The molecule has 0 radical (unpaired) electrons. The third-order valence-corrected chi connectivity index (χ3v) is 3.78. The molecule has 120 valence electrons. The first kappa shape index (κ1) is 15.5. The van der Waals surface area contributed by atoms with E-state index >= 15 is 0 Å². The van der Waals surface area contributed by atoms with Crippen molar-refractivity contribution in [1.29, 1.82) is 0 Å². The molecule has 1 aliphatic heterocycles. The second-order valence-corrected chi connectivity index (χ2v) is 5.40. The van der Waals surface area contributed by atoms with E-state index in [4.69, 9.17) is 0 Å². The van der Waals surface area contributed by atoms with Crippen LogP contribution in [0.15, 0.2) is 36.5 Å². The van der Waals surface area contributed by atoms with Crippen LogP contribution in [0.5, 0.6) is 0 Å². The van der Waals surface area contributed by atoms with Crippen LogP contribution in [0.1, 0.15) is 28.5 Å². The number of halogens is 3. The van der Waals surface area contributed by atoms with Gasteiger partial charge in [0.1, 0.15) is 11.6 Å². The minimum atomic E-state index is -1.07.